The van der Waals surface area contributed by atoms with Crippen LogP contribution in [0.3, 0.4) is 0 Å². The monoisotopic (exact) mass is 301 g/mol. The van der Waals surface area contributed by atoms with Gasteiger partial charge in [0.15, 0.2) is 0 Å². The van der Waals surface area contributed by atoms with E-state index in [9.17, 15) is 0 Å². The van der Waals surface area contributed by atoms with Crippen LogP contribution in [0.2, 0.25) is 0 Å². The van der Waals surface area contributed by atoms with Gasteiger partial charge in [0, 0.05) is 0 Å². The first-order chi connectivity index (χ1) is 10.1. The van der Waals surface area contributed by atoms with Gasteiger partial charge < -0.3 is 15.2 Å². The lowest BCUT2D eigenvalue weighted by Gasteiger charge is -2.12. The molecule has 110 valence electrons. The van der Waals surface area contributed by atoms with E-state index in [4.69, 9.17) is 27.4 Å². The van der Waals surface area contributed by atoms with E-state index in [1.165, 1.54) is 11.1 Å². The molecule has 0 aliphatic heterocycles. The summed E-state index contributed by atoms with van der Waals surface area (Å²) in [6, 6.07) is 13.6. The van der Waals surface area contributed by atoms with Gasteiger partial charge in [0.25, 0.3) is 0 Å². The summed E-state index contributed by atoms with van der Waals surface area (Å²) >= 11 is 5.00. The Kier molecular flexibility index (Phi) is 5.17. The molecule has 0 spiro atoms. The van der Waals surface area contributed by atoms with Crippen molar-refractivity contribution in [1.29, 1.82) is 0 Å². The first kappa shape index (κ1) is 15.3. The van der Waals surface area contributed by atoms with E-state index in [1.807, 2.05) is 36.4 Å². The molecule has 2 N–H and O–H groups in total. The zero-order valence-electron chi connectivity index (χ0n) is 12.3. The molecular formula is C17H19NO2S. The fourth-order valence-electron chi connectivity index (χ4n) is 2.12. The van der Waals surface area contributed by atoms with Crippen molar-refractivity contribution in [3.8, 4) is 11.5 Å². The van der Waals surface area contributed by atoms with Gasteiger partial charge in [0.1, 0.15) is 29.7 Å². The number of rotatable bonds is 6. The molecule has 0 fully saturated rings. The molecule has 21 heavy (non-hydrogen) atoms. The van der Waals surface area contributed by atoms with Gasteiger partial charge >= 0.3 is 0 Å². The van der Waals surface area contributed by atoms with Gasteiger partial charge in [-0.3, -0.25) is 0 Å². The number of ether oxygens (including phenoxy) is 2. The number of nitrogens with two attached hydrogens (primary N) is 1. The molecule has 0 aromatic heterocycles. The maximum absolute atomic E-state index is 5.70. The van der Waals surface area contributed by atoms with E-state index in [1.54, 1.807) is 0 Å². The zero-order chi connectivity index (χ0) is 15.2. The van der Waals surface area contributed by atoms with Gasteiger partial charge in [-0.15, -0.1) is 0 Å². The maximum atomic E-state index is 5.70. The lowest BCUT2D eigenvalue weighted by Crippen LogP contribution is -2.14. The molecule has 0 unspecified atom stereocenters. The van der Waals surface area contributed by atoms with Gasteiger partial charge in [-0.2, -0.15) is 0 Å². The number of aryl methyl sites for hydroxylation is 2. The summed E-state index contributed by atoms with van der Waals surface area (Å²) in [6.45, 7) is 5.00. The Morgan fingerprint density at radius 1 is 1.00 bits per heavy atom. The highest BCUT2D eigenvalue weighted by Crippen LogP contribution is 2.18. The van der Waals surface area contributed by atoms with Gasteiger partial charge in [0.2, 0.25) is 0 Å². The topological polar surface area (TPSA) is 44.5 Å². The molecule has 0 aliphatic rings. The van der Waals surface area contributed by atoms with Crippen LogP contribution in [0.5, 0.6) is 11.5 Å². The summed E-state index contributed by atoms with van der Waals surface area (Å²) in [5.74, 6) is 1.55. The molecular weight excluding hydrogens is 282 g/mol. The first-order valence-electron chi connectivity index (χ1n) is 6.79. The average Bonchev–Trinajstić information content (AvgIpc) is 2.43. The predicted molar refractivity (Wildman–Crippen MR) is 89.2 cm³/mol. The summed E-state index contributed by atoms with van der Waals surface area (Å²) < 4.78 is 11.4. The third-order valence-electron chi connectivity index (χ3n) is 2.96. The Bertz CT molecular complexity index is 620. The van der Waals surface area contributed by atoms with Crippen LogP contribution in [0.15, 0.2) is 42.5 Å². The largest absolute Gasteiger partial charge is 0.490 e. The molecule has 0 saturated heterocycles. The van der Waals surface area contributed by atoms with Crippen molar-refractivity contribution in [2.75, 3.05) is 13.2 Å². The second-order valence-corrected chi connectivity index (χ2v) is 5.32. The molecule has 4 heteroatoms. The summed E-state index contributed by atoms with van der Waals surface area (Å²) in [6.07, 6.45) is 0. The normalized spacial score (nSPS) is 10.2. The van der Waals surface area contributed by atoms with Crippen molar-refractivity contribution in [2.24, 2.45) is 5.73 Å². The quantitative estimate of drug-likeness (QED) is 0.656. The van der Waals surface area contributed by atoms with Crippen molar-refractivity contribution in [2.45, 2.75) is 13.8 Å². The van der Waals surface area contributed by atoms with Crippen LogP contribution >= 0.6 is 12.2 Å². The van der Waals surface area contributed by atoms with E-state index < -0.39 is 0 Å². The Morgan fingerprint density at radius 2 is 1.62 bits per heavy atom. The predicted octanol–water partition coefficient (Wildman–Crippen LogP) is 3.40. The van der Waals surface area contributed by atoms with Crippen LogP contribution in [0.4, 0.5) is 0 Å². The van der Waals surface area contributed by atoms with Crippen LogP contribution in [0, 0.1) is 13.8 Å². The number of para-hydroxylation sites is 1. The third-order valence-corrected chi connectivity index (χ3v) is 3.18. The van der Waals surface area contributed by atoms with E-state index >= 15 is 0 Å². The molecule has 0 aliphatic carbocycles. The van der Waals surface area contributed by atoms with E-state index in [0.29, 0.717) is 24.0 Å². The minimum Gasteiger partial charge on any atom is -0.490 e. The second-order valence-electron chi connectivity index (χ2n) is 4.88. The molecule has 0 atom stereocenters. The minimum atomic E-state index is 0.334. The highest BCUT2D eigenvalue weighted by molar-refractivity contribution is 7.80. The summed E-state index contributed by atoms with van der Waals surface area (Å²) in [4.78, 5) is 0.334. The Labute approximate surface area is 130 Å². The molecule has 2 aromatic rings. The zero-order valence-corrected chi connectivity index (χ0v) is 13.1. The SMILES string of the molecule is Cc1cc(C)cc(OCCOc2ccccc2C(N)=S)c1. The highest BCUT2D eigenvalue weighted by Gasteiger charge is 2.05. The molecule has 0 heterocycles. The molecule has 0 bridgehead atoms. The smallest absolute Gasteiger partial charge is 0.129 e. The van der Waals surface area contributed by atoms with Crippen LogP contribution in [0.1, 0.15) is 16.7 Å². The summed E-state index contributed by atoms with van der Waals surface area (Å²) in [7, 11) is 0. The maximum Gasteiger partial charge on any atom is 0.129 e. The molecule has 2 rings (SSSR count). The van der Waals surface area contributed by atoms with Crippen molar-refractivity contribution in [3.63, 3.8) is 0 Å². The second kappa shape index (κ2) is 7.09. The van der Waals surface area contributed by atoms with Crippen LogP contribution in [0.25, 0.3) is 0 Å². The lowest BCUT2D eigenvalue weighted by molar-refractivity contribution is 0.217. The lowest BCUT2D eigenvalue weighted by atomic mass is 10.1. The molecule has 0 saturated carbocycles. The molecule has 3 nitrogen and oxygen atoms in total. The fourth-order valence-corrected chi connectivity index (χ4v) is 2.29. The Hall–Kier alpha value is -2.07. The molecule has 0 amide bonds. The van der Waals surface area contributed by atoms with Crippen molar-refractivity contribution >= 4 is 17.2 Å². The number of thiocarbonyl (C=S) groups is 1. The van der Waals surface area contributed by atoms with Crippen LogP contribution in [-0.2, 0) is 0 Å². The first-order valence-corrected chi connectivity index (χ1v) is 7.20. The van der Waals surface area contributed by atoms with Crippen molar-refractivity contribution in [3.05, 3.63) is 59.2 Å². The summed E-state index contributed by atoms with van der Waals surface area (Å²) in [5, 5.41) is 0. The Balaban J connectivity index is 1.89. The average molecular weight is 301 g/mol. The molecule has 2 aromatic carbocycles. The molecule has 0 radical (unpaired) electrons. The van der Waals surface area contributed by atoms with Gasteiger partial charge in [-0.1, -0.05) is 30.4 Å². The van der Waals surface area contributed by atoms with E-state index in [0.717, 1.165) is 11.3 Å². The third kappa shape index (κ3) is 4.46. The highest BCUT2D eigenvalue weighted by atomic mass is 32.1. The summed E-state index contributed by atoms with van der Waals surface area (Å²) in [5.41, 5.74) is 8.78. The standard InChI is InChI=1S/C17H19NO2S/c1-12-9-13(2)11-14(10-12)19-7-8-20-16-6-4-3-5-15(16)17(18)21/h3-6,9-11H,7-8H2,1-2H3,(H2,18,21). The van der Waals surface area contributed by atoms with Gasteiger partial charge in [0.05, 0.1) is 5.56 Å². The van der Waals surface area contributed by atoms with E-state index in [-0.39, 0.29) is 0 Å². The fraction of sp³-hybridized carbons (Fsp3) is 0.235. The van der Waals surface area contributed by atoms with Crippen LogP contribution < -0.4 is 15.2 Å². The van der Waals surface area contributed by atoms with Crippen molar-refractivity contribution in [1.82, 2.24) is 0 Å². The number of hydrogen-bond acceptors (Lipinski definition) is 3. The van der Waals surface area contributed by atoms with Crippen LogP contribution in [-0.4, -0.2) is 18.2 Å². The van der Waals surface area contributed by atoms with Crippen molar-refractivity contribution < 1.29 is 9.47 Å². The number of hydrogen-bond donors (Lipinski definition) is 1. The number of benzene rings is 2. The Morgan fingerprint density at radius 3 is 2.29 bits per heavy atom. The minimum absolute atomic E-state index is 0.334. The van der Waals surface area contributed by atoms with Gasteiger partial charge in [-0.05, 0) is 49.2 Å². The van der Waals surface area contributed by atoms with E-state index in [2.05, 4.69) is 19.9 Å². The van der Waals surface area contributed by atoms with Gasteiger partial charge in [-0.25, -0.2) is 0 Å².